The van der Waals surface area contributed by atoms with Gasteiger partial charge in [0.2, 0.25) is 0 Å². The van der Waals surface area contributed by atoms with Crippen LogP contribution in [-0.4, -0.2) is 49.0 Å². The zero-order chi connectivity index (χ0) is 11.3. The Hall–Kier alpha value is -0.650. The van der Waals surface area contributed by atoms with Crippen LogP contribution in [0.25, 0.3) is 0 Å². The van der Waals surface area contributed by atoms with E-state index in [0.717, 1.165) is 13.1 Å². The fraction of sp³-hybridized carbons (Fsp3) is 0.900. The van der Waals surface area contributed by atoms with Crippen molar-refractivity contribution >= 4 is 5.97 Å². The molecule has 1 fully saturated rings. The van der Waals surface area contributed by atoms with Gasteiger partial charge in [0.25, 0.3) is 0 Å². The summed E-state index contributed by atoms with van der Waals surface area (Å²) in [6.45, 7) is 6.71. The summed E-state index contributed by atoms with van der Waals surface area (Å²) >= 11 is 0. The highest BCUT2D eigenvalue weighted by molar-refractivity contribution is 5.68. The van der Waals surface area contributed by atoms with Crippen LogP contribution >= 0.6 is 0 Å². The lowest BCUT2D eigenvalue weighted by atomic mass is 9.88. The Morgan fingerprint density at radius 2 is 2.33 bits per heavy atom. The summed E-state index contributed by atoms with van der Waals surface area (Å²) in [5.41, 5.74) is -0.275. The van der Waals surface area contributed by atoms with Crippen LogP contribution in [0.5, 0.6) is 0 Å². The van der Waals surface area contributed by atoms with E-state index >= 15 is 0 Å². The molecule has 1 aliphatic rings. The number of rotatable bonds is 7. The summed E-state index contributed by atoms with van der Waals surface area (Å²) in [5, 5.41) is 15.2. The normalized spacial score (nSPS) is 20.7. The molecule has 5 nitrogen and oxygen atoms in total. The number of aliphatic carboxylic acids is 1. The van der Waals surface area contributed by atoms with Crippen molar-refractivity contribution in [3.05, 3.63) is 0 Å². The summed E-state index contributed by atoms with van der Waals surface area (Å²) in [6.07, 6.45) is 0.163. The predicted molar refractivity (Wildman–Crippen MR) is 56.9 cm³/mol. The van der Waals surface area contributed by atoms with Gasteiger partial charge in [-0.3, -0.25) is 4.79 Å². The van der Waals surface area contributed by atoms with Crippen molar-refractivity contribution in [1.29, 1.82) is 0 Å². The van der Waals surface area contributed by atoms with Crippen LogP contribution in [0.2, 0.25) is 0 Å². The van der Waals surface area contributed by atoms with E-state index in [0.29, 0.717) is 13.2 Å². The average molecular weight is 216 g/mol. The molecule has 0 saturated carbocycles. The lowest BCUT2D eigenvalue weighted by molar-refractivity contribution is -0.139. The standard InChI is InChI=1S/C10H20N2O3/c1-3-15-5-8(2)12-10(4-9(13)14)6-11-7-10/h8,11-12H,3-7H2,1-2H3,(H,13,14). The van der Waals surface area contributed by atoms with Gasteiger partial charge in [0, 0.05) is 25.7 Å². The smallest absolute Gasteiger partial charge is 0.305 e. The lowest BCUT2D eigenvalue weighted by Gasteiger charge is -2.44. The van der Waals surface area contributed by atoms with Crippen molar-refractivity contribution in [3.63, 3.8) is 0 Å². The molecular weight excluding hydrogens is 196 g/mol. The predicted octanol–water partition coefficient (Wildman–Crippen LogP) is -0.182. The molecule has 1 aliphatic heterocycles. The molecule has 1 saturated heterocycles. The third kappa shape index (κ3) is 3.77. The highest BCUT2D eigenvalue weighted by Crippen LogP contribution is 2.16. The molecule has 5 heteroatoms. The van der Waals surface area contributed by atoms with Crippen molar-refractivity contribution in [1.82, 2.24) is 10.6 Å². The topological polar surface area (TPSA) is 70.6 Å². The zero-order valence-electron chi connectivity index (χ0n) is 9.38. The largest absolute Gasteiger partial charge is 0.481 e. The average Bonchev–Trinajstić information content (AvgIpc) is 2.10. The summed E-state index contributed by atoms with van der Waals surface area (Å²) < 4.78 is 5.28. The number of hydrogen-bond acceptors (Lipinski definition) is 4. The molecule has 0 bridgehead atoms. The van der Waals surface area contributed by atoms with E-state index in [1.807, 2.05) is 13.8 Å². The first kappa shape index (κ1) is 12.4. The van der Waals surface area contributed by atoms with Gasteiger partial charge in [0.15, 0.2) is 0 Å². The number of carboxylic acids is 1. The van der Waals surface area contributed by atoms with Crippen LogP contribution in [0.3, 0.4) is 0 Å². The first-order valence-electron chi connectivity index (χ1n) is 5.36. The zero-order valence-corrected chi connectivity index (χ0v) is 9.38. The Balaban J connectivity index is 2.35. The van der Waals surface area contributed by atoms with Crippen LogP contribution in [0.4, 0.5) is 0 Å². The highest BCUT2D eigenvalue weighted by atomic mass is 16.5. The minimum absolute atomic E-state index is 0.163. The fourth-order valence-corrected chi connectivity index (χ4v) is 1.85. The maximum absolute atomic E-state index is 10.7. The molecule has 0 aromatic heterocycles. The Labute approximate surface area is 90.2 Å². The van der Waals surface area contributed by atoms with Gasteiger partial charge >= 0.3 is 5.97 Å². The van der Waals surface area contributed by atoms with Gasteiger partial charge in [-0.15, -0.1) is 0 Å². The summed E-state index contributed by atoms with van der Waals surface area (Å²) in [6, 6.07) is 0.186. The molecule has 0 spiro atoms. The van der Waals surface area contributed by atoms with Gasteiger partial charge in [0.05, 0.1) is 18.6 Å². The number of carbonyl (C=O) groups is 1. The van der Waals surface area contributed by atoms with Gasteiger partial charge in [0.1, 0.15) is 0 Å². The summed E-state index contributed by atoms with van der Waals surface area (Å²) in [5.74, 6) is -0.757. The van der Waals surface area contributed by atoms with Crippen LogP contribution < -0.4 is 10.6 Å². The highest BCUT2D eigenvalue weighted by Gasteiger charge is 2.39. The van der Waals surface area contributed by atoms with Gasteiger partial charge < -0.3 is 20.5 Å². The fourth-order valence-electron chi connectivity index (χ4n) is 1.85. The summed E-state index contributed by atoms with van der Waals surface area (Å²) in [7, 11) is 0. The molecule has 88 valence electrons. The van der Waals surface area contributed by atoms with Crippen LogP contribution in [0.1, 0.15) is 20.3 Å². The lowest BCUT2D eigenvalue weighted by Crippen LogP contribution is -2.70. The number of carboxylic acid groups (broad SMARTS) is 1. The second-order valence-electron chi connectivity index (χ2n) is 4.16. The molecule has 1 unspecified atom stereocenters. The summed E-state index contributed by atoms with van der Waals surface area (Å²) in [4.78, 5) is 10.7. The van der Waals surface area contributed by atoms with Crippen molar-refractivity contribution in [3.8, 4) is 0 Å². The van der Waals surface area contributed by atoms with Crippen LogP contribution in [0.15, 0.2) is 0 Å². The molecule has 1 heterocycles. The first-order valence-corrected chi connectivity index (χ1v) is 5.36. The SMILES string of the molecule is CCOCC(C)NC1(CC(=O)O)CNC1. The van der Waals surface area contributed by atoms with E-state index in [-0.39, 0.29) is 18.0 Å². The molecule has 0 radical (unpaired) electrons. The third-order valence-corrected chi connectivity index (χ3v) is 2.54. The monoisotopic (exact) mass is 216 g/mol. The Bertz CT molecular complexity index is 217. The minimum atomic E-state index is -0.757. The van der Waals surface area contributed by atoms with E-state index in [1.165, 1.54) is 0 Å². The van der Waals surface area contributed by atoms with Gasteiger partial charge in [-0.2, -0.15) is 0 Å². The molecule has 0 aromatic carbocycles. The first-order chi connectivity index (χ1) is 7.08. The molecule has 3 N–H and O–H groups in total. The quantitative estimate of drug-likeness (QED) is 0.550. The maximum Gasteiger partial charge on any atom is 0.305 e. The van der Waals surface area contributed by atoms with Crippen molar-refractivity contribution in [2.75, 3.05) is 26.3 Å². The van der Waals surface area contributed by atoms with Gasteiger partial charge in [-0.1, -0.05) is 0 Å². The van der Waals surface area contributed by atoms with E-state index in [1.54, 1.807) is 0 Å². The maximum atomic E-state index is 10.7. The Morgan fingerprint density at radius 1 is 1.67 bits per heavy atom. The molecule has 1 rings (SSSR count). The Morgan fingerprint density at radius 3 is 2.73 bits per heavy atom. The van der Waals surface area contributed by atoms with E-state index in [4.69, 9.17) is 9.84 Å². The molecule has 0 aliphatic carbocycles. The number of nitrogens with one attached hydrogen (secondary N) is 2. The third-order valence-electron chi connectivity index (χ3n) is 2.54. The second-order valence-corrected chi connectivity index (χ2v) is 4.16. The van der Waals surface area contributed by atoms with Crippen molar-refractivity contribution in [2.24, 2.45) is 0 Å². The second kappa shape index (κ2) is 5.44. The van der Waals surface area contributed by atoms with Crippen LogP contribution in [0, 0.1) is 0 Å². The molecule has 0 aromatic rings. The molecule has 1 atom stereocenters. The molecule has 0 amide bonds. The van der Waals surface area contributed by atoms with E-state index in [9.17, 15) is 4.79 Å². The van der Waals surface area contributed by atoms with E-state index < -0.39 is 5.97 Å². The molecular formula is C10H20N2O3. The van der Waals surface area contributed by atoms with Gasteiger partial charge in [-0.05, 0) is 13.8 Å². The van der Waals surface area contributed by atoms with Crippen LogP contribution in [-0.2, 0) is 9.53 Å². The number of ether oxygens (including phenoxy) is 1. The van der Waals surface area contributed by atoms with Gasteiger partial charge in [-0.25, -0.2) is 0 Å². The van der Waals surface area contributed by atoms with E-state index in [2.05, 4.69) is 10.6 Å². The minimum Gasteiger partial charge on any atom is -0.481 e. The van der Waals surface area contributed by atoms with Crippen molar-refractivity contribution < 1.29 is 14.6 Å². The Kier molecular flexibility index (Phi) is 4.50. The van der Waals surface area contributed by atoms with Crippen molar-refractivity contribution in [2.45, 2.75) is 31.8 Å². The number of hydrogen-bond donors (Lipinski definition) is 3. The molecule has 15 heavy (non-hydrogen) atoms.